The van der Waals surface area contributed by atoms with Crippen molar-refractivity contribution in [3.05, 3.63) is 48.0 Å². The molecule has 1 fully saturated rings. The van der Waals surface area contributed by atoms with Crippen LogP contribution in [0, 0.1) is 17.6 Å². The van der Waals surface area contributed by atoms with Gasteiger partial charge in [-0.3, -0.25) is 4.79 Å². The molecule has 2 aromatic carbocycles. The molecule has 1 aromatic heterocycles. The molecule has 0 spiro atoms. The Morgan fingerprint density at radius 3 is 2.58 bits per heavy atom. The van der Waals surface area contributed by atoms with Gasteiger partial charge >= 0.3 is 0 Å². The molecule has 0 radical (unpaired) electrons. The van der Waals surface area contributed by atoms with Gasteiger partial charge in [0.1, 0.15) is 17.2 Å². The van der Waals surface area contributed by atoms with Crippen molar-refractivity contribution in [2.24, 2.45) is 5.92 Å². The Kier molecular flexibility index (Phi) is 6.44. The minimum Gasteiger partial charge on any atom is -0.323 e. The summed E-state index contributed by atoms with van der Waals surface area (Å²) in [6.07, 6.45) is 1.45. The van der Waals surface area contributed by atoms with Gasteiger partial charge in [-0.1, -0.05) is 12.1 Å². The molecule has 1 saturated heterocycles. The molecule has 2 heterocycles. The molecule has 1 aliphatic rings. The quantitative estimate of drug-likeness (QED) is 0.584. The van der Waals surface area contributed by atoms with E-state index in [9.17, 15) is 22.0 Å². The highest BCUT2D eigenvalue weighted by atomic mass is 32.2. The predicted molar refractivity (Wildman–Crippen MR) is 119 cm³/mol. The topological polar surface area (TPSA) is 97.2 Å². The molecule has 0 saturated carbocycles. The summed E-state index contributed by atoms with van der Waals surface area (Å²) in [7, 11) is -3.77. The van der Waals surface area contributed by atoms with Crippen LogP contribution in [0.1, 0.15) is 39.2 Å². The lowest BCUT2D eigenvalue weighted by atomic mass is 9.97. The number of carbonyl (C=O) groups excluding carboxylic acids is 1. The zero-order valence-electron chi connectivity index (χ0n) is 18.3. The van der Waals surface area contributed by atoms with Crippen molar-refractivity contribution in [3.8, 4) is 0 Å². The highest BCUT2D eigenvalue weighted by Crippen LogP contribution is 2.27. The molecule has 0 aliphatic carbocycles. The maximum atomic E-state index is 13.8. The average molecular weight is 478 g/mol. The number of anilines is 1. The molecule has 1 atom stereocenters. The van der Waals surface area contributed by atoms with E-state index in [1.165, 1.54) is 10.4 Å². The number of nitrogens with zero attached hydrogens (tertiary/aromatic N) is 4. The Morgan fingerprint density at radius 1 is 1.18 bits per heavy atom. The summed E-state index contributed by atoms with van der Waals surface area (Å²) < 4.78 is 56.3. The van der Waals surface area contributed by atoms with Gasteiger partial charge in [-0.25, -0.2) is 21.9 Å². The molecular weight excluding hydrogens is 452 g/mol. The monoisotopic (exact) mass is 477 g/mol. The molecule has 1 aliphatic heterocycles. The second-order valence-corrected chi connectivity index (χ2v) is 10.2. The predicted octanol–water partition coefficient (Wildman–Crippen LogP) is 3.72. The van der Waals surface area contributed by atoms with Crippen LogP contribution < -0.4 is 5.32 Å². The van der Waals surface area contributed by atoms with Gasteiger partial charge in [0.2, 0.25) is 15.9 Å². The third-order valence-electron chi connectivity index (χ3n) is 6.10. The number of benzene rings is 2. The first-order chi connectivity index (χ1) is 15.7. The molecule has 3 aromatic rings. The Balaban J connectivity index is 1.44. The Morgan fingerprint density at radius 2 is 1.91 bits per heavy atom. The Bertz CT molecular complexity index is 1290. The number of rotatable bonds is 6. The summed E-state index contributed by atoms with van der Waals surface area (Å²) in [6.45, 7) is 4.37. The van der Waals surface area contributed by atoms with Gasteiger partial charge in [0.05, 0.1) is 22.1 Å². The molecule has 0 unspecified atom stereocenters. The smallest absolute Gasteiger partial charge is 0.243 e. The molecule has 33 heavy (non-hydrogen) atoms. The summed E-state index contributed by atoms with van der Waals surface area (Å²) in [5.41, 5.74) is 1.17. The molecule has 176 valence electrons. The highest BCUT2D eigenvalue weighted by molar-refractivity contribution is 7.89. The fourth-order valence-corrected chi connectivity index (χ4v) is 5.40. The van der Waals surface area contributed by atoms with E-state index in [-0.39, 0.29) is 29.7 Å². The van der Waals surface area contributed by atoms with Crippen LogP contribution in [-0.2, 0) is 14.8 Å². The minimum atomic E-state index is -3.77. The first-order valence-corrected chi connectivity index (χ1v) is 12.3. The fourth-order valence-electron chi connectivity index (χ4n) is 3.91. The third-order valence-corrected chi connectivity index (χ3v) is 8.00. The maximum absolute atomic E-state index is 13.8. The average Bonchev–Trinajstić information content (AvgIpc) is 3.24. The lowest BCUT2D eigenvalue weighted by Crippen LogP contribution is -2.41. The van der Waals surface area contributed by atoms with Crippen LogP contribution >= 0.6 is 0 Å². The number of aromatic nitrogens is 3. The van der Waals surface area contributed by atoms with Gasteiger partial charge < -0.3 is 5.32 Å². The van der Waals surface area contributed by atoms with Gasteiger partial charge in [0.25, 0.3) is 0 Å². The second-order valence-electron chi connectivity index (χ2n) is 8.23. The van der Waals surface area contributed by atoms with E-state index >= 15 is 0 Å². The molecule has 8 nitrogen and oxygen atoms in total. The van der Waals surface area contributed by atoms with Crippen molar-refractivity contribution < 1.29 is 22.0 Å². The molecule has 1 amide bonds. The zero-order valence-corrected chi connectivity index (χ0v) is 19.1. The lowest BCUT2D eigenvalue weighted by molar-refractivity contribution is -0.120. The number of fused-ring (bicyclic) bond motifs is 1. The zero-order chi connectivity index (χ0) is 23.8. The SMILES string of the molecule is CC[C@@H](C)n1nnc2cc(S(=O)(=O)N3CCC(C(=O)Nc4ccc(F)cc4F)CC3)ccc21. The van der Waals surface area contributed by atoms with Crippen LogP contribution in [0.5, 0.6) is 0 Å². The Labute approximate surface area is 190 Å². The van der Waals surface area contributed by atoms with E-state index < -0.39 is 33.5 Å². The lowest BCUT2D eigenvalue weighted by Gasteiger charge is -2.30. The fraction of sp³-hybridized carbons (Fsp3) is 0.409. The molecule has 11 heteroatoms. The van der Waals surface area contributed by atoms with E-state index in [0.717, 1.165) is 24.1 Å². The van der Waals surface area contributed by atoms with Crippen LogP contribution in [-0.4, -0.2) is 46.7 Å². The number of halogens is 2. The van der Waals surface area contributed by atoms with Crippen molar-refractivity contribution in [3.63, 3.8) is 0 Å². The van der Waals surface area contributed by atoms with Gasteiger partial charge in [-0.2, -0.15) is 4.31 Å². The van der Waals surface area contributed by atoms with Crippen LogP contribution in [0.4, 0.5) is 14.5 Å². The van der Waals surface area contributed by atoms with Crippen molar-refractivity contribution >= 4 is 32.7 Å². The number of sulfonamides is 1. The Hall–Kier alpha value is -2.92. The van der Waals surface area contributed by atoms with Crippen molar-refractivity contribution in [1.29, 1.82) is 0 Å². The third kappa shape index (κ3) is 4.60. The number of amides is 1. The number of hydrogen-bond donors (Lipinski definition) is 1. The van der Waals surface area contributed by atoms with E-state index in [1.54, 1.807) is 16.8 Å². The van der Waals surface area contributed by atoms with Crippen LogP contribution in [0.25, 0.3) is 11.0 Å². The van der Waals surface area contributed by atoms with E-state index in [2.05, 4.69) is 15.6 Å². The van der Waals surface area contributed by atoms with Crippen LogP contribution in [0.3, 0.4) is 0 Å². The van der Waals surface area contributed by atoms with Gasteiger partial charge in [-0.05, 0) is 56.5 Å². The minimum absolute atomic E-state index is 0.102. The van der Waals surface area contributed by atoms with E-state index in [0.29, 0.717) is 24.4 Å². The first kappa shape index (κ1) is 23.2. The number of hydrogen-bond acceptors (Lipinski definition) is 5. The standard InChI is InChI=1S/C22H25F2N5O3S/c1-3-14(2)29-21-7-5-17(13-20(21)26-27-29)33(31,32)28-10-8-15(9-11-28)22(30)25-19-6-4-16(23)12-18(19)24/h4-7,12-15H,3,8-11H2,1-2H3,(H,25,30)/t14-/m1/s1. The van der Waals surface area contributed by atoms with Crippen molar-refractivity contribution in [2.45, 2.75) is 44.0 Å². The van der Waals surface area contributed by atoms with E-state index in [1.807, 2.05) is 13.8 Å². The maximum Gasteiger partial charge on any atom is 0.243 e. The summed E-state index contributed by atoms with van der Waals surface area (Å²) >= 11 is 0. The first-order valence-electron chi connectivity index (χ1n) is 10.8. The molecular formula is C22H25F2N5O3S. The molecule has 1 N–H and O–H groups in total. The normalized spacial score (nSPS) is 16.7. The second kappa shape index (κ2) is 9.14. The number of piperidine rings is 1. The van der Waals surface area contributed by atoms with Gasteiger partial charge in [0.15, 0.2) is 0 Å². The number of carbonyl (C=O) groups is 1. The summed E-state index contributed by atoms with van der Waals surface area (Å²) in [6, 6.07) is 7.85. The van der Waals surface area contributed by atoms with Crippen LogP contribution in [0.2, 0.25) is 0 Å². The molecule has 4 rings (SSSR count). The summed E-state index contributed by atoms with van der Waals surface area (Å²) in [4.78, 5) is 12.6. The van der Waals surface area contributed by atoms with Gasteiger partial charge in [-0.15, -0.1) is 5.10 Å². The van der Waals surface area contributed by atoms with E-state index in [4.69, 9.17) is 0 Å². The highest BCUT2D eigenvalue weighted by Gasteiger charge is 2.32. The van der Waals surface area contributed by atoms with Crippen molar-refractivity contribution in [1.82, 2.24) is 19.3 Å². The summed E-state index contributed by atoms with van der Waals surface area (Å²) in [5.74, 6) is -2.48. The summed E-state index contributed by atoms with van der Waals surface area (Å²) in [5, 5.41) is 10.7. The van der Waals surface area contributed by atoms with Gasteiger partial charge in [0, 0.05) is 25.1 Å². The largest absolute Gasteiger partial charge is 0.323 e. The van der Waals surface area contributed by atoms with Crippen molar-refractivity contribution in [2.75, 3.05) is 18.4 Å². The van der Waals surface area contributed by atoms with Crippen LogP contribution in [0.15, 0.2) is 41.3 Å². The molecule has 0 bridgehead atoms. The number of nitrogens with one attached hydrogen (secondary N) is 1.